The highest BCUT2D eigenvalue weighted by atomic mass is 14.2. The van der Waals surface area contributed by atoms with Crippen LogP contribution in [0.1, 0.15) is 24.3 Å². The van der Waals surface area contributed by atoms with Crippen molar-refractivity contribution in [2.75, 3.05) is 0 Å². The van der Waals surface area contributed by atoms with Crippen molar-refractivity contribution < 1.29 is 0 Å². The second-order valence-corrected chi connectivity index (χ2v) is 3.89. The Labute approximate surface area is 86.0 Å². The van der Waals surface area contributed by atoms with Crippen LogP contribution in [0.4, 0.5) is 0 Å². The van der Waals surface area contributed by atoms with Crippen LogP contribution >= 0.6 is 0 Å². The summed E-state index contributed by atoms with van der Waals surface area (Å²) >= 11 is 0. The molecule has 72 valence electrons. The van der Waals surface area contributed by atoms with E-state index < -0.39 is 0 Å². The highest BCUT2D eigenvalue weighted by molar-refractivity contribution is 5.28. The van der Waals surface area contributed by atoms with E-state index in [9.17, 15) is 0 Å². The number of hydrogen-bond acceptors (Lipinski definition) is 0. The Kier molecular flexibility index (Phi) is 2.83. The maximum Gasteiger partial charge on any atom is 0.0196 e. The Balaban J connectivity index is 2.08. The summed E-state index contributed by atoms with van der Waals surface area (Å²) in [5.41, 5.74) is 1.33. The summed E-state index contributed by atoms with van der Waals surface area (Å²) in [5, 5.41) is 0. The molecule has 0 spiro atoms. The SMILES string of the molecule is C=C[C@H](/C=C/C1CC1)c1ccccc1. The fraction of sp³-hybridized carbons (Fsp3) is 0.286. The smallest absolute Gasteiger partial charge is 0.0196 e. The number of allylic oxidation sites excluding steroid dienone is 3. The van der Waals surface area contributed by atoms with E-state index in [1.165, 1.54) is 18.4 Å². The standard InChI is InChI=1S/C14H16/c1-2-13(11-10-12-8-9-12)14-6-4-3-5-7-14/h2-7,10-13H,1,8-9H2/b11-10+/t13-/m1/s1. The van der Waals surface area contributed by atoms with Crippen molar-refractivity contribution in [1.29, 1.82) is 0 Å². The van der Waals surface area contributed by atoms with Crippen LogP contribution in [0.25, 0.3) is 0 Å². The van der Waals surface area contributed by atoms with Crippen molar-refractivity contribution in [2.24, 2.45) is 5.92 Å². The Hall–Kier alpha value is -1.30. The zero-order chi connectivity index (χ0) is 9.80. The van der Waals surface area contributed by atoms with Gasteiger partial charge in [0.05, 0.1) is 0 Å². The third kappa shape index (κ3) is 2.35. The zero-order valence-corrected chi connectivity index (χ0v) is 8.39. The molecule has 1 aliphatic rings. The van der Waals surface area contributed by atoms with Gasteiger partial charge in [-0.25, -0.2) is 0 Å². The molecule has 14 heavy (non-hydrogen) atoms. The maximum atomic E-state index is 3.88. The van der Waals surface area contributed by atoms with E-state index in [2.05, 4.69) is 43.0 Å². The molecule has 0 aliphatic heterocycles. The van der Waals surface area contributed by atoms with Crippen molar-refractivity contribution in [3.05, 3.63) is 60.7 Å². The molecule has 0 bridgehead atoms. The van der Waals surface area contributed by atoms with Crippen LogP contribution < -0.4 is 0 Å². The number of hydrogen-bond donors (Lipinski definition) is 0. The van der Waals surface area contributed by atoms with Gasteiger partial charge in [0.2, 0.25) is 0 Å². The quantitative estimate of drug-likeness (QED) is 0.622. The third-order valence-corrected chi connectivity index (χ3v) is 2.65. The minimum absolute atomic E-state index is 0.386. The monoisotopic (exact) mass is 184 g/mol. The maximum absolute atomic E-state index is 3.88. The zero-order valence-electron chi connectivity index (χ0n) is 8.39. The summed E-state index contributed by atoms with van der Waals surface area (Å²) < 4.78 is 0. The highest BCUT2D eigenvalue weighted by Crippen LogP contribution is 2.31. The largest absolute Gasteiger partial charge is 0.102 e. The van der Waals surface area contributed by atoms with Crippen molar-refractivity contribution in [3.8, 4) is 0 Å². The lowest BCUT2D eigenvalue weighted by molar-refractivity contribution is 1.04. The van der Waals surface area contributed by atoms with Gasteiger partial charge in [-0.1, -0.05) is 48.6 Å². The van der Waals surface area contributed by atoms with Gasteiger partial charge in [-0.05, 0) is 24.3 Å². The second kappa shape index (κ2) is 4.28. The molecule has 0 saturated heterocycles. The van der Waals surface area contributed by atoms with Crippen LogP contribution in [-0.2, 0) is 0 Å². The molecular weight excluding hydrogens is 168 g/mol. The van der Waals surface area contributed by atoms with E-state index in [1.807, 2.05) is 12.1 Å². The molecule has 1 atom stereocenters. The van der Waals surface area contributed by atoms with Gasteiger partial charge in [0.1, 0.15) is 0 Å². The Morgan fingerprint density at radius 3 is 2.50 bits per heavy atom. The molecule has 0 heterocycles. The van der Waals surface area contributed by atoms with Gasteiger partial charge in [0, 0.05) is 5.92 Å². The molecule has 0 radical (unpaired) electrons. The first kappa shape index (κ1) is 9.26. The minimum atomic E-state index is 0.386. The molecule has 2 rings (SSSR count). The van der Waals surface area contributed by atoms with Crippen molar-refractivity contribution in [2.45, 2.75) is 18.8 Å². The summed E-state index contributed by atoms with van der Waals surface area (Å²) in [7, 11) is 0. The Morgan fingerprint density at radius 2 is 1.93 bits per heavy atom. The lowest BCUT2D eigenvalue weighted by Gasteiger charge is -2.06. The predicted molar refractivity (Wildman–Crippen MR) is 61.2 cm³/mol. The van der Waals surface area contributed by atoms with Gasteiger partial charge in [-0.3, -0.25) is 0 Å². The summed E-state index contributed by atoms with van der Waals surface area (Å²) in [6.45, 7) is 3.88. The number of rotatable bonds is 4. The molecule has 1 aliphatic carbocycles. The third-order valence-electron chi connectivity index (χ3n) is 2.65. The average Bonchev–Trinajstić information content (AvgIpc) is 3.04. The molecule has 0 heteroatoms. The first-order valence-electron chi connectivity index (χ1n) is 5.26. The molecule has 0 N–H and O–H groups in total. The minimum Gasteiger partial charge on any atom is -0.102 e. The van der Waals surface area contributed by atoms with E-state index >= 15 is 0 Å². The molecule has 1 aromatic carbocycles. The van der Waals surface area contributed by atoms with E-state index in [-0.39, 0.29) is 0 Å². The lowest BCUT2D eigenvalue weighted by Crippen LogP contribution is -1.89. The van der Waals surface area contributed by atoms with Gasteiger partial charge in [0.25, 0.3) is 0 Å². The van der Waals surface area contributed by atoms with E-state index in [1.54, 1.807) is 0 Å². The molecule has 1 aromatic rings. The topological polar surface area (TPSA) is 0 Å². The molecule has 0 nitrogen and oxygen atoms in total. The van der Waals surface area contributed by atoms with Crippen LogP contribution in [-0.4, -0.2) is 0 Å². The molecule has 0 aromatic heterocycles. The van der Waals surface area contributed by atoms with E-state index in [4.69, 9.17) is 0 Å². The average molecular weight is 184 g/mol. The predicted octanol–water partition coefficient (Wildman–Crippen LogP) is 3.92. The fourth-order valence-electron chi connectivity index (χ4n) is 1.57. The molecule has 1 saturated carbocycles. The molecule has 0 amide bonds. The molecule has 0 unspecified atom stereocenters. The van der Waals surface area contributed by atoms with Crippen molar-refractivity contribution in [1.82, 2.24) is 0 Å². The van der Waals surface area contributed by atoms with Crippen molar-refractivity contribution in [3.63, 3.8) is 0 Å². The summed E-state index contributed by atoms with van der Waals surface area (Å²) in [6, 6.07) is 10.5. The van der Waals surface area contributed by atoms with Crippen LogP contribution in [0.2, 0.25) is 0 Å². The molecule has 1 fully saturated rings. The van der Waals surface area contributed by atoms with Gasteiger partial charge in [0.15, 0.2) is 0 Å². The fourth-order valence-corrected chi connectivity index (χ4v) is 1.57. The van der Waals surface area contributed by atoms with Gasteiger partial charge >= 0.3 is 0 Å². The summed E-state index contributed by atoms with van der Waals surface area (Å²) in [6.07, 6.45) is 9.36. The van der Waals surface area contributed by atoms with E-state index in [0.717, 1.165) is 5.92 Å². The first-order valence-corrected chi connectivity index (χ1v) is 5.26. The van der Waals surface area contributed by atoms with Crippen LogP contribution in [0, 0.1) is 5.92 Å². The van der Waals surface area contributed by atoms with Crippen molar-refractivity contribution >= 4 is 0 Å². The Morgan fingerprint density at radius 1 is 1.21 bits per heavy atom. The first-order chi connectivity index (χ1) is 6.90. The summed E-state index contributed by atoms with van der Waals surface area (Å²) in [4.78, 5) is 0. The van der Waals surface area contributed by atoms with Gasteiger partial charge in [-0.2, -0.15) is 0 Å². The number of benzene rings is 1. The van der Waals surface area contributed by atoms with Gasteiger partial charge in [-0.15, -0.1) is 6.58 Å². The van der Waals surface area contributed by atoms with Crippen LogP contribution in [0.15, 0.2) is 55.1 Å². The van der Waals surface area contributed by atoms with Gasteiger partial charge < -0.3 is 0 Å². The molecular formula is C14H16. The van der Waals surface area contributed by atoms with E-state index in [0.29, 0.717) is 5.92 Å². The van der Waals surface area contributed by atoms with Crippen LogP contribution in [0.3, 0.4) is 0 Å². The second-order valence-electron chi connectivity index (χ2n) is 3.89. The summed E-state index contributed by atoms with van der Waals surface area (Å²) in [5.74, 6) is 1.23. The Bertz CT molecular complexity index is 317. The normalized spacial score (nSPS) is 18.3. The lowest BCUT2D eigenvalue weighted by atomic mass is 9.98. The highest BCUT2D eigenvalue weighted by Gasteiger charge is 2.17. The van der Waals surface area contributed by atoms with Crippen LogP contribution in [0.5, 0.6) is 0 Å².